The van der Waals surface area contributed by atoms with Gasteiger partial charge in [-0.3, -0.25) is 0 Å². The number of anilines is 1. The second-order valence-electron chi connectivity index (χ2n) is 6.61. The first-order chi connectivity index (χ1) is 13.1. The number of aryl methyl sites for hydroxylation is 1. The number of ether oxygens (including phenoxy) is 2. The Balaban J connectivity index is 1.48. The molecule has 144 valence electrons. The lowest BCUT2D eigenvalue weighted by atomic mass is 10.1. The number of hydrogen-bond acceptors (Lipinski definition) is 4. The minimum absolute atomic E-state index is 0.106. The average Bonchev–Trinajstić information content (AvgIpc) is 2.70. The molecule has 0 aliphatic carbocycles. The summed E-state index contributed by atoms with van der Waals surface area (Å²) >= 11 is 0. The Hall–Kier alpha value is -2.89. The Bertz CT molecular complexity index is 786. The lowest BCUT2D eigenvalue weighted by molar-refractivity contribution is 0.180. The molecule has 0 bridgehead atoms. The Kier molecular flexibility index (Phi) is 6.06. The largest absolute Gasteiger partial charge is 0.493 e. The third-order valence-electron chi connectivity index (χ3n) is 5.00. The number of amides is 2. The fraction of sp³-hybridized carbons (Fsp3) is 0.381. The van der Waals surface area contributed by atoms with Crippen molar-refractivity contribution in [3.05, 3.63) is 53.6 Å². The van der Waals surface area contributed by atoms with Crippen LogP contribution in [0.15, 0.2) is 42.5 Å². The van der Waals surface area contributed by atoms with Crippen molar-refractivity contribution in [3.63, 3.8) is 0 Å². The monoisotopic (exact) mass is 369 g/mol. The fourth-order valence-corrected chi connectivity index (χ4v) is 3.25. The van der Waals surface area contributed by atoms with Crippen LogP contribution in [0.3, 0.4) is 0 Å². The summed E-state index contributed by atoms with van der Waals surface area (Å²) in [5, 5.41) is 2.82. The highest BCUT2D eigenvalue weighted by atomic mass is 16.5. The molecule has 1 heterocycles. The number of piperazine rings is 1. The maximum atomic E-state index is 12.4. The quantitative estimate of drug-likeness (QED) is 0.823. The Morgan fingerprint density at radius 1 is 1.00 bits per heavy atom. The number of hydrogen-bond donors (Lipinski definition) is 1. The Labute approximate surface area is 160 Å². The van der Waals surface area contributed by atoms with Crippen molar-refractivity contribution in [2.45, 2.75) is 13.8 Å². The van der Waals surface area contributed by atoms with Crippen molar-refractivity contribution in [3.8, 4) is 11.5 Å². The van der Waals surface area contributed by atoms with Gasteiger partial charge in [-0.25, -0.2) is 4.79 Å². The van der Waals surface area contributed by atoms with Crippen LogP contribution in [-0.2, 0) is 0 Å². The minimum atomic E-state index is -0.106. The van der Waals surface area contributed by atoms with Crippen LogP contribution in [0.2, 0.25) is 0 Å². The van der Waals surface area contributed by atoms with Crippen LogP contribution in [-0.4, -0.2) is 51.0 Å². The van der Waals surface area contributed by atoms with E-state index in [-0.39, 0.29) is 12.8 Å². The van der Waals surface area contributed by atoms with Gasteiger partial charge in [0.15, 0.2) is 18.2 Å². The van der Waals surface area contributed by atoms with Gasteiger partial charge in [0.25, 0.3) is 0 Å². The molecular formula is C21H27N3O3. The van der Waals surface area contributed by atoms with E-state index >= 15 is 0 Å². The van der Waals surface area contributed by atoms with Crippen molar-refractivity contribution in [2.75, 3.05) is 44.9 Å². The number of methoxy groups -OCH3 is 1. The molecule has 1 aliphatic heterocycles. The van der Waals surface area contributed by atoms with E-state index in [9.17, 15) is 4.79 Å². The van der Waals surface area contributed by atoms with E-state index in [4.69, 9.17) is 9.47 Å². The van der Waals surface area contributed by atoms with Gasteiger partial charge >= 0.3 is 6.03 Å². The highest BCUT2D eigenvalue weighted by Crippen LogP contribution is 2.25. The first-order valence-corrected chi connectivity index (χ1v) is 9.20. The zero-order valence-electron chi connectivity index (χ0n) is 16.2. The number of carbonyl (C=O) groups is 1. The number of nitrogens with one attached hydrogen (secondary N) is 1. The van der Waals surface area contributed by atoms with Crippen molar-refractivity contribution >= 4 is 11.7 Å². The molecule has 1 fully saturated rings. The maximum absolute atomic E-state index is 12.4. The Morgan fingerprint density at radius 3 is 2.41 bits per heavy atom. The third-order valence-corrected chi connectivity index (χ3v) is 5.00. The summed E-state index contributed by atoms with van der Waals surface area (Å²) in [6, 6.07) is 13.6. The molecule has 1 aliphatic rings. The maximum Gasteiger partial charge on any atom is 0.320 e. The number of benzene rings is 2. The lowest BCUT2D eigenvalue weighted by Crippen LogP contribution is -2.52. The SMILES string of the molecule is COc1ccccc1OCNC(=O)N1CCN(c2cccc(C)c2C)CC1. The topological polar surface area (TPSA) is 54.0 Å². The standard InChI is InChI=1S/C21H27N3O3/c1-16-7-6-8-18(17(16)2)23-11-13-24(14-12-23)21(25)22-15-27-20-10-5-4-9-19(20)26-3/h4-10H,11-15H2,1-3H3,(H,22,25). The van der Waals surface area contributed by atoms with E-state index in [2.05, 4.69) is 42.3 Å². The Morgan fingerprint density at radius 2 is 1.70 bits per heavy atom. The summed E-state index contributed by atoms with van der Waals surface area (Å²) in [5.41, 5.74) is 3.86. The van der Waals surface area contributed by atoms with Crippen molar-refractivity contribution < 1.29 is 14.3 Å². The number of nitrogens with zero attached hydrogens (tertiary/aromatic N) is 2. The van der Waals surface area contributed by atoms with Crippen LogP contribution in [0.5, 0.6) is 11.5 Å². The van der Waals surface area contributed by atoms with Crippen molar-refractivity contribution in [1.82, 2.24) is 10.2 Å². The van der Waals surface area contributed by atoms with Crippen LogP contribution < -0.4 is 19.7 Å². The molecule has 6 nitrogen and oxygen atoms in total. The van der Waals surface area contributed by atoms with Crippen LogP contribution in [0, 0.1) is 13.8 Å². The van der Waals surface area contributed by atoms with E-state index < -0.39 is 0 Å². The molecule has 0 spiro atoms. The van der Waals surface area contributed by atoms with Gasteiger partial charge in [-0.1, -0.05) is 24.3 Å². The smallest absolute Gasteiger partial charge is 0.320 e. The minimum Gasteiger partial charge on any atom is -0.493 e. The van der Waals surface area contributed by atoms with Gasteiger partial charge < -0.3 is 24.6 Å². The van der Waals surface area contributed by atoms with Gasteiger partial charge in [-0.15, -0.1) is 0 Å². The normalized spacial score (nSPS) is 14.0. The molecule has 2 aromatic rings. The summed E-state index contributed by atoms with van der Waals surface area (Å²) in [7, 11) is 1.59. The van der Waals surface area contributed by atoms with E-state index in [0.29, 0.717) is 24.6 Å². The van der Waals surface area contributed by atoms with Gasteiger partial charge in [0, 0.05) is 31.9 Å². The highest BCUT2D eigenvalue weighted by Gasteiger charge is 2.22. The second kappa shape index (κ2) is 8.66. The predicted octanol–water partition coefficient (Wildman–Crippen LogP) is 3.18. The molecule has 6 heteroatoms. The van der Waals surface area contributed by atoms with Gasteiger partial charge in [0.05, 0.1) is 7.11 Å². The van der Waals surface area contributed by atoms with Gasteiger partial charge in [0.2, 0.25) is 0 Å². The first kappa shape index (κ1) is 18.9. The number of para-hydroxylation sites is 2. The molecule has 0 radical (unpaired) electrons. The van der Waals surface area contributed by atoms with Crippen molar-refractivity contribution in [1.29, 1.82) is 0 Å². The van der Waals surface area contributed by atoms with Gasteiger partial charge in [-0.05, 0) is 43.2 Å². The summed E-state index contributed by atoms with van der Waals surface area (Å²) in [6.07, 6.45) is 0. The van der Waals surface area contributed by atoms with Crippen LogP contribution in [0.25, 0.3) is 0 Å². The first-order valence-electron chi connectivity index (χ1n) is 9.20. The average molecular weight is 369 g/mol. The summed E-state index contributed by atoms with van der Waals surface area (Å²) < 4.78 is 10.9. The van der Waals surface area contributed by atoms with E-state index in [1.807, 2.05) is 29.2 Å². The summed E-state index contributed by atoms with van der Waals surface area (Å²) in [5.74, 6) is 1.26. The molecular weight excluding hydrogens is 342 g/mol. The van der Waals surface area contributed by atoms with Crippen LogP contribution in [0.1, 0.15) is 11.1 Å². The molecule has 1 N–H and O–H groups in total. The molecule has 0 aromatic heterocycles. The predicted molar refractivity (Wildman–Crippen MR) is 107 cm³/mol. The summed E-state index contributed by atoms with van der Waals surface area (Å²) in [4.78, 5) is 16.6. The van der Waals surface area contributed by atoms with Gasteiger partial charge in [-0.2, -0.15) is 0 Å². The van der Waals surface area contributed by atoms with Crippen LogP contribution in [0.4, 0.5) is 10.5 Å². The summed E-state index contributed by atoms with van der Waals surface area (Å²) in [6.45, 7) is 7.41. The molecule has 27 heavy (non-hydrogen) atoms. The molecule has 2 amide bonds. The number of carbonyl (C=O) groups excluding carboxylic acids is 1. The molecule has 0 unspecified atom stereocenters. The third kappa shape index (κ3) is 4.45. The van der Waals surface area contributed by atoms with Crippen LogP contribution >= 0.6 is 0 Å². The molecule has 3 rings (SSSR count). The van der Waals surface area contributed by atoms with E-state index in [1.165, 1.54) is 16.8 Å². The van der Waals surface area contributed by atoms with Gasteiger partial charge in [0.1, 0.15) is 0 Å². The lowest BCUT2D eigenvalue weighted by Gasteiger charge is -2.37. The zero-order chi connectivity index (χ0) is 19.2. The highest BCUT2D eigenvalue weighted by molar-refractivity contribution is 5.74. The zero-order valence-corrected chi connectivity index (χ0v) is 16.2. The second-order valence-corrected chi connectivity index (χ2v) is 6.61. The molecule has 0 saturated carbocycles. The number of rotatable bonds is 5. The van der Waals surface area contributed by atoms with E-state index in [1.54, 1.807) is 7.11 Å². The molecule has 1 saturated heterocycles. The molecule has 0 atom stereocenters. The fourth-order valence-electron chi connectivity index (χ4n) is 3.25. The number of urea groups is 1. The van der Waals surface area contributed by atoms with E-state index in [0.717, 1.165) is 13.1 Å². The molecule has 2 aromatic carbocycles. The van der Waals surface area contributed by atoms with Crippen molar-refractivity contribution in [2.24, 2.45) is 0 Å².